The normalized spacial score (nSPS) is 18.4. The van der Waals surface area contributed by atoms with E-state index in [4.69, 9.17) is 14.3 Å². The maximum absolute atomic E-state index is 13.0. The van der Waals surface area contributed by atoms with Crippen LogP contribution in [0.4, 0.5) is 13.2 Å². The minimum absolute atomic E-state index is 0.166. The van der Waals surface area contributed by atoms with E-state index in [2.05, 4.69) is 21.1 Å². The lowest BCUT2D eigenvalue weighted by atomic mass is 9.93. The van der Waals surface area contributed by atoms with Gasteiger partial charge in [-0.1, -0.05) is 15.9 Å². The third-order valence-electron chi connectivity index (χ3n) is 3.27. The smallest absolute Gasteiger partial charge is 0.416 e. The summed E-state index contributed by atoms with van der Waals surface area (Å²) in [6, 6.07) is 3.41. The van der Waals surface area contributed by atoms with Crippen molar-refractivity contribution in [1.82, 2.24) is 0 Å². The van der Waals surface area contributed by atoms with Crippen molar-refractivity contribution in [3.8, 4) is 0 Å². The van der Waals surface area contributed by atoms with Gasteiger partial charge in [0, 0.05) is 11.4 Å². The average molecular weight is 410 g/mol. The molecule has 2 unspecified atom stereocenters. The molecule has 1 aliphatic heterocycles. The summed E-state index contributed by atoms with van der Waals surface area (Å²) in [5, 5.41) is 3.62. The van der Waals surface area contributed by atoms with Crippen molar-refractivity contribution < 1.29 is 32.3 Å². The van der Waals surface area contributed by atoms with Crippen LogP contribution >= 0.6 is 15.9 Å². The first-order valence-electron chi connectivity index (χ1n) is 7.11. The summed E-state index contributed by atoms with van der Waals surface area (Å²) in [5.41, 5.74) is -0.601. The first kappa shape index (κ1) is 18.6. The number of esters is 1. The van der Waals surface area contributed by atoms with Gasteiger partial charge in [0.15, 0.2) is 0 Å². The van der Waals surface area contributed by atoms with Gasteiger partial charge in [0.1, 0.15) is 0 Å². The zero-order chi connectivity index (χ0) is 17.9. The fraction of sp³-hybridized carbons (Fsp3) is 0.467. The Hall–Kier alpha value is -1.77. The van der Waals surface area contributed by atoms with E-state index in [1.54, 1.807) is 13.8 Å². The summed E-state index contributed by atoms with van der Waals surface area (Å²) >= 11 is 3.06. The van der Waals surface area contributed by atoms with Gasteiger partial charge in [-0.3, -0.25) is 4.79 Å². The van der Waals surface area contributed by atoms with Crippen molar-refractivity contribution in [2.75, 3.05) is 6.61 Å². The second kappa shape index (κ2) is 7.42. The number of alkyl halides is 3. The highest BCUT2D eigenvalue weighted by atomic mass is 79.9. The van der Waals surface area contributed by atoms with Crippen LogP contribution in [0.5, 0.6) is 0 Å². The van der Waals surface area contributed by atoms with Gasteiger partial charge in [-0.2, -0.15) is 13.2 Å². The van der Waals surface area contributed by atoms with Crippen molar-refractivity contribution in [3.05, 3.63) is 33.8 Å². The molecule has 1 aromatic rings. The zero-order valence-corrected chi connectivity index (χ0v) is 14.5. The number of nitrogens with zero attached hydrogens (tertiary/aromatic N) is 1. The summed E-state index contributed by atoms with van der Waals surface area (Å²) in [6.07, 6.45) is -5.71. The van der Waals surface area contributed by atoms with Crippen LogP contribution in [-0.4, -0.2) is 24.8 Å². The monoisotopic (exact) mass is 409 g/mol. The van der Waals surface area contributed by atoms with Gasteiger partial charge in [0.05, 0.1) is 24.5 Å². The summed E-state index contributed by atoms with van der Waals surface area (Å²) < 4.78 is 49.6. The second-order valence-electron chi connectivity index (χ2n) is 5.09. The molecule has 0 N–H and O–H groups in total. The largest absolute Gasteiger partial charge is 0.466 e. The second-order valence-corrected chi connectivity index (χ2v) is 6.00. The molecule has 0 aliphatic carbocycles. The standard InChI is InChI=1S/C15H15BrF3NO4/c1-3-22-13(21)7-12(14-23-8(2)20-24-14)9-4-10(15(17,18)19)6-11(16)5-9/h4-6,12,14H,3,7H2,1-2H3. The van der Waals surface area contributed by atoms with E-state index in [-0.39, 0.29) is 29.0 Å². The molecule has 1 aromatic carbocycles. The topological polar surface area (TPSA) is 57.1 Å². The third kappa shape index (κ3) is 4.62. The third-order valence-corrected chi connectivity index (χ3v) is 3.73. The van der Waals surface area contributed by atoms with Crippen LogP contribution in [0.15, 0.2) is 27.8 Å². The number of carbonyl (C=O) groups excluding carboxylic acids is 1. The quantitative estimate of drug-likeness (QED) is 0.683. The Bertz CT molecular complexity index is 648. The van der Waals surface area contributed by atoms with Crippen LogP contribution in [0.3, 0.4) is 0 Å². The number of halogens is 4. The van der Waals surface area contributed by atoms with Crippen LogP contribution in [0.1, 0.15) is 37.3 Å². The van der Waals surface area contributed by atoms with Crippen LogP contribution in [0.25, 0.3) is 0 Å². The van der Waals surface area contributed by atoms with Gasteiger partial charge >= 0.3 is 12.1 Å². The number of oxime groups is 1. The molecule has 9 heteroatoms. The molecule has 0 amide bonds. The van der Waals surface area contributed by atoms with Gasteiger partial charge in [-0.15, -0.1) is 0 Å². The number of rotatable bonds is 5. The lowest BCUT2D eigenvalue weighted by Crippen LogP contribution is -2.25. The van der Waals surface area contributed by atoms with Crippen molar-refractivity contribution in [3.63, 3.8) is 0 Å². The van der Waals surface area contributed by atoms with E-state index >= 15 is 0 Å². The summed E-state index contributed by atoms with van der Waals surface area (Å²) in [6.45, 7) is 3.35. The average Bonchev–Trinajstić information content (AvgIpc) is 2.90. The number of benzene rings is 1. The van der Waals surface area contributed by atoms with Crippen LogP contribution in [-0.2, 0) is 25.3 Å². The Labute approximate surface area is 144 Å². The van der Waals surface area contributed by atoms with Gasteiger partial charge in [-0.05, 0) is 35.8 Å². The van der Waals surface area contributed by atoms with Gasteiger partial charge in [0.25, 0.3) is 6.29 Å². The van der Waals surface area contributed by atoms with Gasteiger partial charge in [0.2, 0.25) is 5.90 Å². The highest BCUT2D eigenvalue weighted by Crippen LogP contribution is 2.37. The number of carbonyl (C=O) groups is 1. The van der Waals surface area contributed by atoms with Crippen molar-refractivity contribution >= 4 is 27.8 Å². The molecule has 0 fully saturated rings. The Kier molecular flexibility index (Phi) is 5.74. The molecule has 0 aromatic heterocycles. The molecule has 1 aliphatic rings. The number of hydrogen-bond acceptors (Lipinski definition) is 5. The van der Waals surface area contributed by atoms with E-state index in [0.29, 0.717) is 0 Å². The van der Waals surface area contributed by atoms with Crippen LogP contribution < -0.4 is 0 Å². The molecule has 0 saturated carbocycles. The number of ether oxygens (including phenoxy) is 2. The SMILES string of the molecule is CCOC(=O)CC(c1cc(Br)cc(C(F)(F)F)c1)C1ON=C(C)O1. The maximum Gasteiger partial charge on any atom is 0.416 e. The Morgan fingerprint density at radius 1 is 1.42 bits per heavy atom. The molecule has 1 heterocycles. The first-order valence-corrected chi connectivity index (χ1v) is 7.90. The molecular formula is C15H15BrF3NO4. The minimum atomic E-state index is -4.52. The molecule has 0 spiro atoms. The predicted octanol–water partition coefficient (Wildman–Crippen LogP) is 4.21. The summed E-state index contributed by atoms with van der Waals surface area (Å²) in [4.78, 5) is 16.9. The van der Waals surface area contributed by atoms with Crippen molar-refractivity contribution in [2.24, 2.45) is 5.16 Å². The lowest BCUT2D eigenvalue weighted by molar-refractivity contribution is -0.146. The molecule has 0 saturated heterocycles. The van der Waals surface area contributed by atoms with E-state index in [1.165, 1.54) is 6.07 Å². The fourth-order valence-electron chi connectivity index (χ4n) is 2.25. The number of hydrogen-bond donors (Lipinski definition) is 0. The lowest BCUT2D eigenvalue weighted by Gasteiger charge is -2.22. The van der Waals surface area contributed by atoms with Gasteiger partial charge in [-0.25, -0.2) is 0 Å². The molecular weight excluding hydrogens is 395 g/mol. The van der Waals surface area contributed by atoms with Crippen LogP contribution in [0.2, 0.25) is 0 Å². The van der Waals surface area contributed by atoms with Crippen molar-refractivity contribution in [1.29, 1.82) is 0 Å². The van der Waals surface area contributed by atoms with E-state index < -0.39 is 29.9 Å². The van der Waals surface area contributed by atoms with Crippen LogP contribution in [0, 0.1) is 0 Å². The molecule has 2 atom stereocenters. The zero-order valence-electron chi connectivity index (χ0n) is 12.9. The Morgan fingerprint density at radius 2 is 2.12 bits per heavy atom. The molecule has 5 nitrogen and oxygen atoms in total. The highest BCUT2D eigenvalue weighted by Gasteiger charge is 2.36. The Morgan fingerprint density at radius 3 is 2.67 bits per heavy atom. The van der Waals surface area contributed by atoms with E-state index in [1.807, 2.05) is 0 Å². The first-order chi connectivity index (χ1) is 11.2. The minimum Gasteiger partial charge on any atom is -0.466 e. The van der Waals surface area contributed by atoms with E-state index in [0.717, 1.165) is 12.1 Å². The summed E-state index contributed by atoms with van der Waals surface area (Å²) in [7, 11) is 0. The predicted molar refractivity (Wildman–Crippen MR) is 82.2 cm³/mol. The summed E-state index contributed by atoms with van der Waals surface area (Å²) in [5.74, 6) is -1.13. The van der Waals surface area contributed by atoms with E-state index in [9.17, 15) is 18.0 Å². The molecule has 132 valence electrons. The Balaban J connectivity index is 2.35. The molecule has 0 bridgehead atoms. The highest BCUT2D eigenvalue weighted by molar-refractivity contribution is 9.10. The van der Waals surface area contributed by atoms with Gasteiger partial charge < -0.3 is 14.3 Å². The maximum atomic E-state index is 13.0. The molecule has 0 radical (unpaired) electrons. The molecule has 24 heavy (non-hydrogen) atoms. The van der Waals surface area contributed by atoms with Crippen molar-refractivity contribution in [2.45, 2.75) is 38.7 Å². The molecule has 2 rings (SSSR count). The fourth-order valence-corrected chi connectivity index (χ4v) is 2.76.